The summed E-state index contributed by atoms with van der Waals surface area (Å²) < 4.78 is 38.4. The highest BCUT2D eigenvalue weighted by atomic mass is 32.2. The van der Waals surface area contributed by atoms with E-state index in [1.807, 2.05) is 29.6 Å². The van der Waals surface area contributed by atoms with Crippen molar-refractivity contribution in [1.82, 2.24) is 5.32 Å². The van der Waals surface area contributed by atoms with Gasteiger partial charge in [-0.05, 0) is 47.4 Å². The summed E-state index contributed by atoms with van der Waals surface area (Å²) in [6.07, 6.45) is -2.88. The molecule has 0 spiro atoms. The number of hydrogen-bond donors (Lipinski definition) is 1. The number of amides is 2. The molecule has 2 aromatic carbocycles. The van der Waals surface area contributed by atoms with Crippen molar-refractivity contribution in [3.8, 4) is 0 Å². The Balaban J connectivity index is 1.56. The molecule has 1 aromatic heterocycles. The molecule has 1 aliphatic heterocycles. The lowest BCUT2D eigenvalue weighted by Gasteiger charge is -2.29. The molecule has 2 amide bonds. The molecule has 0 bridgehead atoms. The summed E-state index contributed by atoms with van der Waals surface area (Å²) in [6.45, 7) is 0.218. The van der Waals surface area contributed by atoms with Gasteiger partial charge in [0, 0.05) is 9.77 Å². The Morgan fingerprint density at radius 3 is 2.47 bits per heavy atom. The number of nitrogens with zero attached hydrogens (tertiary/aromatic N) is 1. The third-order valence-electron chi connectivity index (χ3n) is 4.71. The maximum Gasteiger partial charge on any atom is 0.416 e. The van der Waals surface area contributed by atoms with E-state index in [0.29, 0.717) is 22.7 Å². The van der Waals surface area contributed by atoms with E-state index < -0.39 is 11.7 Å². The molecule has 0 atom stereocenters. The van der Waals surface area contributed by atoms with Crippen molar-refractivity contribution >= 4 is 46.7 Å². The Labute approximate surface area is 190 Å². The van der Waals surface area contributed by atoms with Crippen molar-refractivity contribution in [2.75, 3.05) is 11.4 Å². The molecule has 4 nitrogen and oxygen atoms in total. The number of hydrogen-bond acceptors (Lipinski definition) is 4. The Bertz CT molecular complexity index is 1160. The van der Waals surface area contributed by atoms with Gasteiger partial charge in [0.15, 0.2) is 0 Å². The predicted molar refractivity (Wildman–Crippen MR) is 120 cm³/mol. The number of carbonyl (C=O) groups excluding carboxylic acids is 2. The molecule has 0 unspecified atom stereocenters. The normalized spacial score (nSPS) is 15.0. The number of alkyl halides is 3. The Morgan fingerprint density at radius 2 is 1.78 bits per heavy atom. The Kier molecular flexibility index (Phi) is 6.38. The number of benzene rings is 2. The van der Waals surface area contributed by atoms with Crippen molar-refractivity contribution in [3.63, 3.8) is 0 Å². The zero-order valence-corrected chi connectivity index (χ0v) is 18.2. The molecular weight excluding hydrogens is 457 g/mol. The van der Waals surface area contributed by atoms with Crippen LogP contribution in [0.15, 0.2) is 75.8 Å². The fourth-order valence-corrected chi connectivity index (χ4v) is 4.84. The lowest BCUT2D eigenvalue weighted by atomic mass is 10.1. The second-order valence-corrected chi connectivity index (χ2v) is 9.06. The van der Waals surface area contributed by atoms with Crippen molar-refractivity contribution in [2.24, 2.45) is 0 Å². The molecule has 2 heterocycles. The highest BCUT2D eigenvalue weighted by Gasteiger charge is 2.31. The van der Waals surface area contributed by atoms with Crippen LogP contribution in [0.5, 0.6) is 0 Å². The SMILES string of the molecule is O=C(CN1C(=O)C(=Cc2ccc(C(F)(F)F)cc2)Sc2ccccc21)NCc1cccs1. The largest absolute Gasteiger partial charge is 0.416 e. The topological polar surface area (TPSA) is 49.4 Å². The lowest BCUT2D eigenvalue weighted by molar-refractivity contribution is -0.137. The third-order valence-corrected chi connectivity index (χ3v) is 6.66. The fraction of sp³-hybridized carbons (Fsp3) is 0.130. The van der Waals surface area contributed by atoms with E-state index in [2.05, 4.69) is 5.32 Å². The van der Waals surface area contributed by atoms with Crippen LogP contribution in [-0.4, -0.2) is 18.4 Å². The van der Waals surface area contributed by atoms with Crippen LogP contribution in [0, 0.1) is 0 Å². The van der Waals surface area contributed by atoms with Gasteiger partial charge in [0.25, 0.3) is 5.91 Å². The van der Waals surface area contributed by atoms with Crippen LogP contribution in [0.1, 0.15) is 16.0 Å². The van der Waals surface area contributed by atoms with Crippen LogP contribution in [0.4, 0.5) is 18.9 Å². The van der Waals surface area contributed by atoms with Crippen LogP contribution in [0.2, 0.25) is 0 Å². The molecule has 0 aliphatic carbocycles. The van der Waals surface area contributed by atoms with E-state index in [0.717, 1.165) is 21.9 Å². The van der Waals surface area contributed by atoms with Gasteiger partial charge in [-0.1, -0.05) is 42.1 Å². The third kappa shape index (κ3) is 5.05. The van der Waals surface area contributed by atoms with Crippen LogP contribution in [-0.2, 0) is 22.3 Å². The van der Waals surface area contributed by atoms with Crippen LogP contribution < -0.4 is 10.2 Å². The van der Waals surface area contributed by atoms with Gasteiger partial charge in [-0.15, -0.1) is 11.3 Å². The summed E-state index contributed by atoms with van der Waals surface area (Å²) in [7, 11) is 0. The van der Waals surface area contributed by atoms with E-state index >= 15 is 0 Å². The molecule has 0 radical (unpaired) electrons. The van der Waals surface area contributed by atoms with Gasteiger partial charge >= 0.3 is 6.18 Å². The van der Waals surface area contributed by atoms with Crippen LogP contribution in [0.25, 0.3) is 6.08 Å². The van der Waals surface area contributed by atoms with Gasteiger partial charge in [-0.3, -0.25) is 14.5 Å². The molecule has 32 heavy (non-hydrogen) atoms. The maximum atomic E-state index is 13.2. The number of halogens is 3. The second-order valence-electron chi connectivity index (χ2n) is 6.95. The summed E-state index contributed by atoms with van der Waals surface area (Å²) >= 11 is 2.76. The van der Waals surface area contributed by atoms with Crippen molar-refractivity contribution in [1.29, 1.82) is 0 Å². The van der Waals surface area contributed by atoms with Gasteiger partial charge in [0.05, 0.1) is 22.7 Å². The van der Waals surface area contributed by atoms with Gasteiger partial charge in [-0.25, -0.2) is 0 Å². The predicted octanol–water partition coefficient (Wildman–Crippen LogP) is 5.56. The summed E-state index contributed by atoms with van der Waals surface area (Å²) in [6, 6.07) is 15.6. The molecule has 1 aliphatic rings. The summed E-state index contributed by atoms with van der Waals surface area (Å²) in [5, 5.41) is 4.73. The molecular formula is C23H17F3N2O2S2. The first-order chi connectivity index (χ1) is 15.3. The number of thioether (sulfide) groups is 1. The van der Waals surface area contributed by atoms with E-state index in [4.69, 9.17) is 0 Å². The first kappa shape index (κ1) is 22.2. The van der Waals surface area contributed by atoms with Crippen LogP contribution >= 0.6 is 23.1 Å². The summed E-state index contributed by atoms with van der Waals surface area (Å²) in [5.74, 6) is -0.679. The Morgan fingerprint density at radius 1 is 1.03 bits per heavy atom. The average Bonchev–Trinajstić information content (AvgIpc) is 3.29. The highest BCUT2D eigenvalue weighted by Crippen LogP contribution is 2.42. The second kappa shape index (κ2) is 9.22. The van der Waals surface area contributed by atoms with Crippen molar-refractivity contribution in [3.05, 3.63) is 87.0 Å². The van der Waals surface area contributed by atoms with E-state index in [9.17, 15) is 22.8 Å². The van der Waals surface area contributed by atoms with Crippen LogP contribution in [0.3, 0.4) is 0 Å². The minimum absolute atomic E-state index is 0.161. The number of para-hydroxylation sites is 1. The number of nitrogens with one attached hydrogen (secondary N) is 1. The maximum absolute atomic E-state index is 13.2. The first-order valence-corrected chi connectivity index (χ1v) is 11.3. The minimum atomic E-state index is -4.42. The number of rotatable bonds is 5. The minimum Gasteiger partial charge on any atom is -0.350 e. The number of carbonyl (C=O) groups is 2. The standard InChI is InChI=1S/C23H17F3N2O2S2/c24-23(25,26)16-9-7-15(8-10-16)12-20-22(30)28(18-5-1-2-6-19(18)32-20)14-21(29)27-13-17-4-3-11-31-17/h1-12H,13-14H2,(H,27,29). The molecule has 0 saturated carbocycles. The number of thiophene rings is 1. The quantitative estimate of drug-likeness (QED) is 0.493. The lowest BCUT2D eigenvalue weighted by Crippen LogP contribution is -2.42. The summed E-state index contributed by atoms with van der Waals surface area (Å²) in [4.78, 5) is 29.2. The monoisotopic (exact) mass is 474 g/mol. The fourth-order valence-electron chi connectivity index (χ4n) is 3.14. The number of anilines is 1. The van der Waals surface area contributed by atoms with E-state index in [1.54, 1.807) is 18.2 Å². The smallest absolute Gasteiger partial charge is 0.350 e. The summed E-state index contributed by atoms with van der Waals surface area (Å²) in [5.41, 5.74) is 0.338. The van der Waals surface area contributed by atoms with Crippen molar-refractivity contribution < 1.29 is 22.8 Å². The zero-order valence-electron chi connectivity index (χ0n) is 16.6. The van der Waals surface area contributed by atoms with Gasteiger partial charge in [-0.2, -0.15) is 13.2 Å². The van der Waals surface area contributed by atoms with Gasteiger partial charge in [0.2, 0.25) is 5.91 Å². The van der Waals surface area contributed by atoms with Crippen molar-refractivity contribution in [2.45, 2.75) is 17.6 Å². The zero-order chi connectivity index (χ0) is 22.7. The molecule has 3 aromatic rings. The molecule has 164 valence electrons. The average molecular weight is 475 g/mol. The number of fused-ring (bicyclic) bond motifs is 1. The van der Waals surface area contributed by atoms with Gasteiger partial charge < -0.3 is 5.32 Å². The molecule has 4 rings (SSSR count). The van der Waals surface area contributed by atoms with E-state index in [-0.39, 0.29) is 18.4 Å². The Hall–Kier alpha value is -3.04. The first-order valence-electron chi connectivity index (χ1n) is 9.58. The molecule has 1 N–H and O–H groups in total. The molecule has 9 heteroatoms. The molecule has 0 fully saturated rings. The van der Waals surface area contributed by atoms with E-state index in [1.165, 1.54) is 40.1 Å². The van der Waals surface area contributed by atoms with Gasteiger partial charge in [0.1, 0.15) is 6.54 Å². The highest BCUT2D eigenvalue weighted by molar-refractivity contribution is 8.04. The molecule has 0 saturated heterocycles.